The van der Waals surface area contributed by atoms with Gasteiger partial charge in [-0.15, -0.1) is 0 Å². The maximum Gasteiger partial charge on any atom is 0.246 e. The Morgan fingerprint density at radius 3 is 2.90 bits per heavy atom. The van der Waals surface area contributed by atoms with Crippen LogP contribution in [-0.2, 0) is 9.59 Å². The van der Waals surface area contributed by atoms with Gasteiger partial charge < -0.3 is 15.6 Å². The van der Waals surface area contributed by atoms with Crippen molar-refractivity contribution in [3.63, 3.8) is 0 Å². The van der Waals surface area contributed by atoms with Crippen molar-refractivity contribution in [3.8, 4) is 0 Å². The molecule has 2 heterocycles. The fraction of sp³-hybridized carbons (Fsp3) is 0.400. The molecule has 6 nitrogen and oxygen atoms in total. The van der Waals surface area contributed by atoms with Crippen LogP contribution in [0.1, 0.15) is 38.4 Å². The number of nitrogens with zero attached hydrogens (tertiary/aromatic N) is 1. The summed E-state index contributed by atoms with van der Waals surface area (Å²) in [5.41, 5.74) is 2.48. The van der Waals surface area contributed by atoms with E-state index in [1.54, 1.807) is 0 Å². The van der Waals surface area contributed by atoms with Crippen LogP contribution in [0.2, 0.25) is 0 Å². The molecule has 1 aromatic heterocycles. The Bertz CT molecular complexity index is 705. The molecule has 6 heteroatoms. The van der Waals surface area contributed by atoms with Crippen LogP contribution in [0.3, 0.4) is 0 Å². The quantitative estimate of drug-likeness (QED) is 0.805. The molecule has 3 rings (SSSR count). The summed E-state index contributed by atoms with van der Waals surface area (Å²) >= 11 is 0. The molecule has 1 aromatic carbocycles. The topological polar surface area (TPSA) is 86.9 Å². The number of rotatable bonds is 3. The van der Waals surface area contributed by atoms with Gasteiger partial charge in [0.15, 0.2) is 0 Å². The predicted octanol–water partition coefficient (Wildman–Crippen LogP) is 1.90. The number of hydrogen-bond donors (Lipinski definition) is 3. The van der Waals surface area contributed by atoms with E-state index in [0.717, 1.165) is 16.9 Å². The highest BCUT2D eigenvalue weighted by Crippen LogP contribution is 2.21. The molecule has 1 unspecified atom stereocenters. The van der Waals surface area contributed by atoms with Crippen molar-refractivity contribution < 1.29 is 9.59 Å². The minimum absolute atomic E-state index is 0.0688. The number of nitrogens with one attached hydrogen (secondary N) is 3. The molecule has 2 aromatic rings. The summed E-state index contributed by atoms with van der Waals surface area (Å²) in [7, 11) is 0. The van der Waals surface area contributed by atoms with Gasteiger partial charge >= 0.3 is 0 Å². The predicted molar refractivity (Wildman–Crippen MR) is 80.0 cm³/mol. The molecule has 110 valence electrons. The zero-order valence-electron chi connectivity index (χ0n) is 12.1. The monoisotopic (exact) mass is 286 g/mol. The lowest BCUT2D eigenvalue weighted by Gasteiger charge is -2.10. The largest absolute Gasteiger partial charge is 0.344 e. The molecule has 1 aliphatic heterocycles. The zero-order chi connectivity index (χ0) is 15.0. The number of carbonyl (C=O) groups excluding carboxylic acids is 2. The van der Waals surface area contributed by atoms with Crippen LogP contribution < -0.4 is 10.6 Å². The molecular formula is C15H18N4O2. The van der Waals surface area contributed by atoms with Crippen molar-refractivity contribution in [3.05, 3.63) is 24.0 Å². The average Bonchev–Trinajstić information content (AvgIpc) is 3.04. The minimum atomic E-state index is -0.429. The van der Waals surface area contributed by atoms with Crippen molar-refractivity contribution in [2.45, 2.75) is 38.6 Å². The van der Waals surface area contributed by atoms with Crippen LogP contribution in [0.5, 0.6) is 0 Å². The van der Waals surface area contributed by atoms with Crippen molar-refractivity contribution in [2.24, 2.45) is 0 Å². The van der Waals surface area contributed by atoms with E-state index in [9.17, 15) is 9.59 Å². The summed E-state index contributed by atoms with van der Waals surface area (Å²) in [6, 6.07) is 5.13. The minimum Gasteiger partial charge on any atom is -0.344 e. The fourth-order valence-corrected chi connectivity index (χ4v) is 2.42. The van der Waals surface area contributed by atoms with E-state index in [2.05, 4.69) is 34.4 Å². The van der Waals surface area contributed by atoms with Crippen LogP contribution in [0, 0.1) is 0 Å². The average molecular weight is 286 g/mol. The van der Waals surface area contributed by atoms with E-state index in [0.29, 0.717) is 24.4 Å². The van der Waals surface area contributed by atoms with Crippen molar-refractivity contribution in [2.75, 3.05) is 5.32 Å². The lowest BCUT2D eigenvalue weighted by molar-refractivity contribution is -0.122. The first-order valence-electron chi connectivity index (χ1n) is 7.13. The van der Waals surface area contributed by atoms with Gasteiger partial charge in [0.05, 0.1) is 11.0 Å². The van der Waals surface area contributed by atoms with Gasteiger partial charge in [-0.05, 0) is 24.6 Å². The molecule has 1 aliphatic rings. The Morgan fingerprint density at radius 2 is 2.24 bits per heavy atom. The highest BCUT2D eigenvalue weighted by molar-refractivity contribution is 5.99. The normalized spacial score (nSPS) is 18.2. The highest BCUT2D eigenvalue weighted by atomic mass is 16.2. The second-order valence-electron chi connectivity index (χ2n) is 5.66. The van der Waals surface area contributed by atoms with E-state index in [1.807, 2.05) is 18.2 Å². The molecule has 3 N–H and O–H groups in total. The number of fused-ring (bicyclic) bond motifs is 1. The fourth-order valence-electron chi connectivity index (χ4n) is 2.42. The van der Waals surface area contributed by atoms with E-state index < -0.39 is 6.04 Å². The number of benzene rings is 1. The lowest BCUT2D eigenvalue weighted by Crippen LogP contribution is -2.37. The first-order valence-corrected chi connectivity index (χ1v) is 7.13. The second-order valence-corrected chi connectivity index (χ2v) is 5.66. The van der Waals surface area contributed by atoms with Crippen LogP contribution in [0.15, 0.2) is 18.2 Å². The smallest absolute Gasteiger partial charge is 0.246 e. The van der Waals surface area contributed by atoms with Crippen molar-refractivity contribution in [1.29, 1.82) is 0 Å². The summed E-state index contributed by atoms with van der Waals surface area (Å²) in [6.45, 7) is 4.15. The van der Waals surface area contributed by atoms with Gasteiger partial charge in [0, 0.05) is 18.0 Å². The SMILES string of the molecule is CC(C)c1nc2ccc(NC(=O)C3CCC(=O)N3)cc2[nH]1. The first kappa shape index (κ1) is 13.6. The second kappa shape index (κ2) is 5.20. The maximum atomic E-state index is 12.1. The van der Waals surface area contributed by atoms with E-state index in [4.69, 9.17) is 0 Å². The van der Waals surface area contributed by atoms with Gasteiger partial charge in [-0.2, -0.15) is 0 Å². The molecule has 2 amide bonds. The number of carbonyl (C=O) groups is 2. The van der Waals surface area contributed by atoms with Crippen molar-refractivity contribution >= 4 is 28.5 Å². The zero-order valence-corrected chi connectivity index (χ0v) is 12.1. The van der Waals surface area contributed by atoms with Gasteiger partial charge in [0.25, 0.3) is 0 Å². The van der Waals surface area contributed by atoms with Gasteiger partial charge in [0.1, 0.15) is 11.9 Å². The third-order valence-corrected chi connectivity index (χ3v) is 3.63. The van der Waals surface area contributed by atoms with E-state index in [1.165, 1.54) is 0 Å². The standard InChI is InChI=1S/C15H18N4O2/c1-8(2)14-18-10-4-3-9(7-12(10)19-14)16-15(21)11-5-6-13(20)17-11/h3-4,7-8,11H,5-6H2,1-2H3,(H,16,21)(H,17,20)(H,18,19). The summed E-state index contributed by atoms with van der Waals surface area (Å²) in [4.78, 5) is 31.0. The molecule has 0 spiro atoms. The van der Waals surface area contributed by atoms with Crippen LogP contribution in [0.4, 0.5) is 5.69 Å². The molecule has 21 heavy (non-hydrogen) atoms. The van der Waals surface area contributed by atoms with Crippen molar-refractivity contribution in [1.82, 2.24) is 15.3 Å². The molecule has 1 fully saturated rings. The summed E-state index contributed by atoms with van der Waals surface area (Å²) in [6.07, 6.45) is 0.962. The van der Waals surface area contributed by atoms with Gasteiger partial charge in [-0.1, -0.05) is 13.8 Å². The van der Waals surface area contributed by atoms with Crippen LogP contribution in [-0.4, -0.2) is 27.8 Å². The van der Waals surface area contributed by atoms with E-state index in [-0.39, 0.29) is 11.8 Å². The highest BCUT2D eigenvalue weighted by Gasteiger charge is 2.27. The number of aromatic amines is 1. The van der Waals surface area contributed by atoms with Crippen LogP contribution >= 0.6 is 0 Å². The molecule has 0 bridgehead atoms. The summed E-state index contributed by atoms with van der Waals surface area (Å²) in [5.74, 6) is 1.00. The number of amides is 2. The van der Waals surface area contributed by atoms with E-state index >= 15 is 0 Å². The molecule has 0 aliphatic carbocycles. The summed E-state index contributed by atoms with van der Waals surface area (Å²) < 4.78 is 0. The number of hydrogen-bond acceptors (Lipinski definition) is 3. The van der Waals surface area contributed by atoms with Gasteiger partial charge in [-0.25, -0.2) is 4.98 Å². The third-order valence-electron chi connectivity index (χ3n) is 3.63. The molecule has 0 saturated carbocycles. The van der Waals surface area contributed by atoms with Gasteiger partial charge in [0.2, 0.25) is 11.8 Å². The molecule has 1 saturated heterocycles. The third kappa shape index (κ3) is 2.74. The Hall–Kier alpha value is -2.37. The Morgan fingerprint density at radius 1 is 1.43 bits per heavy atom. The Kier molecular flexibility index (Phi) is 3.37. The number of H-pyrrole nitrogens is 1. The molecule has 0 radical (unpaired) electrons. The molecular weight excluding hydrogens is 268 g/mol. The lowest BCUT2D eigenvalue weighted by atomic mass is 10.2. The first-order chi connectivity index (χ1) is 10.0. The molecule has 1 atom stereocenters. The Labute approximate surface area is 122 Å². The van der Waals surface area contributed by atoms with Crippen LogP contribution in [0.25, 0.3) is 11.0 Å². The maximum absolute atomic E-state index is 12.1. The Balaban J connectivity index is 1.78. The number of anilines is 1. The number of imidazole rings is 1. The number of aromatic nitrogens is 2. The summed E-state index contributed by atoms with van der Waals surface area (Å²) in [5, 5.41) is 5.49. The van der Waals surface area contributed by atoms with Gasteiger partial charge in [-0.3, -0.25) is 9.59 Å².